The van der Waals surface area contributed by atoms with E-state index in [-0.39, 0.29) is 11.3 Å². The number of hydrogen-bond donors (Lipinski definition) is 0. The van der Waals surface area contributed by atoms with Gasteiger partial charge in [-0.1, -0.05) is 41.1 Å². The molecule has 4 aromatic rings. The second kappa shape index (κ2) is 6.92. The topological polar surface area (TPSA) is 55.3 Å². The number of carbonyl (C=O) groups excluding carboxylic acids is 1. The van der Waals surface area contributed by atoms with E-state index in [2.05, 4.69) is 9.97 Å². The second-order valence-corrected chi connectivity index (χ2v) is 8.75. The highest BCUT2D eigenvalue weighted by Crippen LogP contribution is 2.46. The smallest absolute Gasteiger partial charge is 0.240 e. The summed E-state index contributed by atoms with van der Waals surface area (Å²) in [4.78, 5) is 23.7. The third-order valence-corrected chi connectivity index (χ3v) is 7.14. The number of nitrogens with zero attached hydrogens (tertiary/aromatic N) is 3. The Morgan fingerprint density at radius 1 is 1.14 bits per heavy atom. The van der Waals surface area contributed by atoms with E-state index in [1.807, 2.05) is 48.5 Å². The minimum absolute atomic E-state index is 0.0187. The van der Waals surface area contributed by atoms with E-state index in [1.165, 1.54) is 11.3 Å². The van der Waals surface area contributed by atoms with Crippen LogP contribution in [0, 0.1) is 0 Å². The lowest BCUT2D eigenvalue weighted by atomic mass is 10.1. The van der Waals surface area contributed by atoms with Gasteiger partial charge in [-0.15, -0.1) is 11.8 Å². The lowest BCUT2D eigenvalue weighted by Gasteiger charge is -2.22. The molecule has 1 unspecified atom stereocenters. The molecule has 1 amide bonds. The van der Waals surface area contributed by atoms with Gasteiger partial charge < -0.3 is 4.74 Å². The number of methoxy groups -OCH3 is 1. The van der Waals surface area contributed by atoms with Crippen molar-refractivity contribution in [3.8, 4) is 5.75 Å². The van der Waals surface area contributed by atoms with Crippen molar-refractivity contribution < 1.29 is 9.53 Å². The van der Waals surface area contributed by atoms with Crippen molar-refractivity contribution in [1.82, 2.24) is 9.97 Å². The Balaban J connectivity index is 1.61. The van der Waals surface area contributed by atoms with Crippen molar-refractivity contribution in [2.24, 2.45) is 0 Å². The molecule has 8 heteroatoms. The lowest BCUT2D eigenvalue weighted by Crippen LogP contribution is -2.27. The van der Waals surface area contributed by atoms with Gasteiger partial charge in [0.05, 0.1) is 28.6 Å². The van der Waals surface area contributed by atoms with Gasteiger partial charge in [-0.05, 0) is 30.3 Å². The maximum absolute atomic E-state index is 12.7. The fourth-order valence-electron chi connectivity index (χ4n) is 3.27. The lowest BCUT2D eigenvalue weighted by molar-refractivity contribution is -0.115. The Bertz CT molecular complexity index is 1230. The number of benzene rings is 2. The molecule has 1 atom stereocenters. The van der Waals surface area contributed by atoms with E-state index >= 15 is 0 Å². The Hall–Kier alpha value is -2.35. The van der Waals surface area contributed by atoms with E-state index in [4.69, 9.17) is 16.3 Å². The van der Waals surface area contributed by atoms with Crippen molar-refractivity contribution in [1.29, 1.82) is 0 Å². The SMILES string of the molecule is COc1ccc2nc(N3C(=O)CSC3c3cc4ccccc4nc3Cl)sc2c1. The first-order valence-electron chi connectivity index (χ1n) is 8.57. The number of fused-ring (bicyclic) bond motifs is 2. The summed E-state index contributed by atoms with van der Waals surface area (Å²) in [6.07, 6.45) is 0. The number of hydrogen-bond acceptors (Lipinski definition) is 6. The van der Waals surface area contributed by atoms with E-state index in [1.54, 1.807) is 23.8 Å². The molecule has 1 fully saturated rings. The average Bonchev–Trinajstić information content (AvgIpc) is 3.29. The minimum atomic E-state index is -0.250. The number of carbonyl (C=O) groups is 1. The molecule has 0 saturated carbocycles. The number of amides is 1. The van der Waals surface area contributed by atoms with Crippen LogP contribution in [0.5, 0.6) is 5.75 Å². The van der Waals surface area contributed by atoms with Gasteiger partial charge in [-0.3, -0.25) is 9.69 Å². The van der Waals surface area contributed by atoms with Gasteiger partial charge in [-0.25, -0.2) is 9.97 Å². The fourth-order valence-corrected chi connectivity index (χ4v) is 5.85. The first kappa shape index (κ1) is 17.7. The first-order valence-corrected chi connectivity index (χ1v) is 10.8. The number of thioether (sulfide) groups is 1. The zero-order valence-corrected chi connectivity index (χ0v) is 17.1. The highest BCUT2D eigenvalue weighted by molar-refractivity contribution is 8.00. The largest absolute Gasteiger partial charge is 0.497 e. The number of para-hydroxylation sites is 1. The summed E-state index contributed by atoms with van der Waals surface area (Å²) in [5.41, 5.74) is 2.50. The minimum Gasteiger partial charge on any atom is -0.497 e. The molecule has 0 spiro atoms. The van der Waals surface area contributed by atoms with Crippen LogP contribution in [0.25, 0.3) is 21.1 Å². The first-order chi connectivity index (χ1) is 13.6. The normalized spacial score (nSPS) is 17.0. The van der Waals surface area contributed by atoms with Crippen molar-refractivity contribution in [3.05, 3.63) is 59.2 Å². The van der Waals surface area contributed by atoms with Crippen LogP contribution in [-0.2, 0) is 4.79 Å². The molecule has 5 rings (SSSR count). The molecule has 1 aliphatic rings. The number of ether oxygens (including phenoxy) is 1. The third-order valence-electron chi connectivity index (χ3n) is 4.63. The summed E-state index contributed by atoms with van der Waals surface area (Å²) >= 11 is 9.52. The number of rotatable bonds is 3. The standard InChI is InChI=1S/C20H14ClN3O2S2/c1-26-12-6-7-15-16(9-12)28-20(23-15)24-17(25)10-27-19(24)13-8-11-4-2-3-5-14(11)22-18(13)21/h2-9,19H,10H2,1H3. The molecule has 0 bridgehead atoms. The summed E-state index contributed by atoms with van der Waals surface area (Å²) in [5, 5.41) is 1.82. The van der Waals surface area contributed by atoms with Gasteiger partial charge in [0.1, 0.15) is 16.3 Å². The molecule has 2 aromatic carbocycles. The predicted octanol–water partition coefficient (Wildman–Crippen LogP) is 5.29. The molecule has 2 aromatic heterocycles. The van der Waals surface area contributed by atoms with Crippen molar-refractivity contribution in [3.63, 3.8) is 0 Å². The molecule has 3 heterocycles. The Morgan fingerprint density at radius 3 is 2.86 bits per heavy atom. The van der Waals surface area contributed by atoms with Crippen molar-refractivity contribution in [2.45, 2.75) is 5.37 Å². The summed E-state index contributed by atoms with van der Waals surface area (Å²) in [6, 6.07) is 15.5. The molecular formula is C20H14ClN3O2S2. The summed E-state index contributed by atoms with van der Waals surface area (Å²) < 4.78 is 6.27. The van der Waals surface area contributed by atoms with Gasteiger partial charge in [-0.2, -0.15) is 0 Å². The molecular weight excluding hydrogens is 414 g/mol. The van der Waals surface area contributed by atoms with Crippen LogP contribution < -0.4 is 9.64 Å². The maximum Gasteiger partial charge on any atom is 0.240 e. The zero-order chi connectivity index (χ0) is 19.3. The number of aromatic nitrogens is 2. The van der Waals surface area contributed by atoms with E-state index in [0.717, 1.165) is 32.4 Å². The van der Waals surface area contributed by atoms with Crippen LogP contribution in [0.1, 0.15) is 10.9 Å². The summed E-state index contributed by atoms with van der Waals surface area (Å²) in [7, 11) is 1.63. The van der Waals surface area contributed by atoms with Crippen LogP contribution in [-0.4, -0.2) is 28.7 Å². The Labute approximate surface area is 174 Å². The fraction of sp³-hybridized carbons (Fsp3) is 0.150. The van der Waals surface area contributed by atoms with Crippen LogP contribution in [0.2, 0.25) is 5.15 Å². The summed E-state index contributed by atoms with van der Waals surface area (Å²) in [5.74, 6) is 1.17. The predicted molar refractivity (Wildman–Crippen MR) is 116 cm³/mol. The molecule has 0 aliphatic carbocycles. The maximum atomic E-state index is 12.7. The monoisotopic (exact) mass is 427 g/mol. The molecule has 0 radical (unpaired) electrons. The molecule has 28 heavy (non-hydrogen) atoms. The van der Waals surface area contributed by atoms with Crippen LogP contribution >= 0.6 is 34.7 Å². The van der Waals surface area contributed by atoms with Crippen molar-refractivity contribution in [2.75, 3.05) is 17.8 Å². The van der Waals surface area contributed by atoms with Crippen LogP contribution in [0.3, 0.4) is 0 Å². The molecule has 1 aliphatic heterocycles. The second-order valence-electron chi connectivity index (χ2n) is 6.32. The van der Waals surface area contributed by atoms with Gasteiger partial charge in [0.15, 0.2) is 5.13 Å². The number of anilines is 1. The van der Waals surface area contributed by atoms with Gasteiger partial charge in [0, 0.05) is 10.9 Å². The molecule has 1 saturated heterocycles. The third kappa shape index (κ3) is 2.90. The molecule has 5 nitrogen and oxygen atoms in total. The van der Waals surface area contributed by atoms with Crippen LogP contribution in [0.15, 0.2) is 48.5 Å². The highest BCUT2D eigenvalue weighted by atomic mass is 35.5. The van der Waals surface area contributed by atoms with Crippen LogP contribution in [0.4, 0.5) is 5.13 Å². The quantitative estimate of drug-likeness (QED) is 0.416. The Morgan fingerprint density at radius 2 is 2.00 bits per heavy atom. The number of pyridine rings is 1. The highest BCUT2D eigenvalue weighted by Gasteiger charge is 2.37. The van der Waals surface area contributed by atoms with Gasteiger partial charge in [0.2, 0.25) is 5.91 Å². The summed E-state index contributed by atoms with van der Waals surface area (Å²) in [6.45, 7) is 0. The van der Waals surface area contributed by atoms with E-state index in [0.29, 0.717) is 16.0 Å². The van der Waals surface area contributed by atoms with Gasteiger partial charge >= 0.3 is 0 Å². The average molecular weight is 428 g/mol. The van der Waals surface area contributed by atoms with Crippen molar-refractivity contribution >= 4 is 66.9 Å². The van der Waals surface area contributed by atoms with E-state index in [9.17, 15) is 4.79 Å². The number of thiazole rings is 1. The molecule has 140 valence electrons. The Kier molecular flexibility index (Phi) is 4.38. The number of halogens is 1. The molecule has 0 N–H and O–H groups in total. The van der Waals surface area contributed by atoms with Gasteiger partial charge in [0.25, 0.3) is 0 Å². The van der Waals surface area contributed by atoms with E-state index < -0.39 is 0 Å². The zero-order valence-electron chi connectivity index (χ0n) is 14.8.